The van der Waals surface area contributed by atoms with Crippen molar-refractivity contribution in [3.8, 4) is 0 Å². The third kappa shape index (κ3) is 2.79. The van der Waals surface area contributed by atoms with E-state index >= 15 is 0 Å². The second-order valence-corrected chi connectivity index (χ2v) is 9.09. The molecule has 2 aromatic carbocycles. The van der Waals surface area contributed by atoms with Crippen LogP contribution in [-0.4, -0.2) is 23.1 Å². The first-order valence-corrected chi connectivity index (χ1v) is 11.2. The molecule has 5 rings (SSSR count). The average Bonchev–Trinajstić information content (AvgIpc) is 3.32. The number of hydrogen-bond donors (Lipinski definition) is 0. The Morgan fingerprint density at radius 3 is 2.41 bits per heavy atom. The number of fused-ring (bicyclic) bond motifs is 1. The lowest BCUT2D eigenvalue weighted by Crippen LogP contribution is -2.53. The van der Waals surface area contributed by atoms with Gasteiger partial charge in [-0.15, -0.1) is 0 Å². The highest BCUT2D eigenvalue weighted by atomic mass is 15.5. The molecule has 2 fully saturated rings. The molecule has 29 heavy (non-hydrogen) atoms. The first-order chi connectivity index (χ1) is 15.4. The molecule has 0 amide bonds. The first kappa shape index (κ1) is 15.7. The molecule has 0 bridgehead atoms. The average molecular weight is 390 g/mol. The van der Waals surface area contributed by atoms with E-state index in [0.29, 0.717) is 5.92 Å². The van der Waals surface area contributed by atoms with Gasteiger partial charge in [0.15, 0.2) is 0 Å². The van der Waals surface area contributed by atoms with Gasteiger partial charge in [0.05, 0.1) is 17.7 Å². The molecule has 2 heterocycles. The third-order valence-corrected chi connectivity index (χ3v) is 7.61. The van der Waals surface area contributed by atoms with E-state index in [1.807, 2.05) is 12.1 Å². The maximum Gasteiger partial charge on any atom is 0.0811 e. The number of anilines is 1. The van der Waals surface area contributed by atoms with Crippen LogP contribution in [0.4, 0.5) is 5.69 Å². The molecule has 0 N–H and O–H groups in total. The molecule has 0 radical (unpaired) electrons. The van der Waals surface area contributed by atoms with Crippen molar-refractivity contribution < 1.29 is 4.11 Å². The number of nitrogens with zero attached hydrogens (tertiary/aromatic N) is 2. The van der Waals surface area contributed by atoms with Crippen LogP contribution in [0.3, 0.4) is 0 Å². The van der Waals surface area contributed by atoms with E-state index in [1.54, 1.807) is 0 Å². The van der Waals surface area contributed by atoms with Crippen molar-refractivity contribution in [3.05, 3.63) is 77.9 Å². The fourth-order valence-corrected chi connectivity index (χ4v) is 6.23. The van der Waals surface area contributed by atoms with Gasteiger partial charge in [-0.05, 0) is 56.7 Å². The van der Waals surface area contributed by atoms with Crippen LogP contribution in [0.2, 0.25) is 0 Å². The van der Waals surface area contributed by atoms with Crippen molar-refractivity contribution in [3.63, 3.8) is 0 Å². The van der Waals surface area contributed by atoms with Crippen molar-refractivity contribution >= 4 is 5.69 Å². The highest BCUT2D eigenvalue weighted by Crippen LogP contribution is 2.53. The van der Waals surface area contributed by atoms with E-state index in [1.165, 1.54) is 24.8 Å². The SMILES string of the molecule is [2H]C([2H])([2H])C1N(c2ccccc2C)[C@@H](C)C2C=CC(c3ccccc3)(C3CCCCC3)N21. The largest absolute Gasteiger partial charge is 0.351 e. The number of hydrogen-bond acceptors (Lipinski definition) is 2. The summed E-state index contributed by atoms with van der Waals surface area (Å²) in [5.74, 6) is 0.425. The minimum Gasteiger partial charge on any atom is -0.351 e. The lowest BCUT2D eigenvalue weighted by atomic mass is 9.70. The topological polar surface area (TPSA) is 6.48 Å². The Balaban J connectivity index is 1.70. The van der Waals surface area contributed by atoms with Crippen LogP contribution in [0.25, 0.3) is 0 Å². The van der Waals surface area contributed by atoms with E-state index in [-0.39, 0.29) is 17.6 Å². The van der Waals surface area contributed by atoms with E-state index in [9.17, 15) is 0 Å². The summed E-state index contributed by atoms with van der Waals surface area (Å²) in [6.07, 6.45) is 10.0. The monoisotopic (exact) mass is 389 g/mol. The summed E-state index contributed by atoms with van der Waals surface area (Å²) in [7, 11) is 0. The van der Waals surface area contributed by atoms with Gasteiger partial charge in [-0.3, -0.25) is 4.90 Å². The van der Waals surface area contributed by atoms with Gasteiger partial charge in [0.1, 0.15) is 0 Å². The van der Waals surface area contributed by atoms with Gasteiger partial charge in [0, 0.05) is 15.8 Å². The summed E-state index contributed by atoms with van der Waals surface area (Å²) >= 11 is 0. The highest BCUT2D eigenvalue weighted by molar-refractivity contribution is 5.57. The van der Waals surface area contributed by atoms with Gasteiger partial charge in [0.2, 0.25) is 0 Å². The Morgan fingerprint density at radius 2 is 1.69 bits per heavy atom. The highest BCUT2D eigenvalue weighted by Gasteiger charge is 2.57. The van der Waals surface area contributed by atoms with Crippen molar-refractivity contribution in [2.45, 2.75) is 76.6 Å². The Hall–Kier alpha value is -2.06. The zero-order valence-electron chi connectivity index (χ0n) is 20.6. The van der Waals surface area contributed by atoms with Crippen molar-refractivity contribution in [2.75, 3.05) is 4.90 Å². The summed E-state index contributed by atoms with van der Waals surface area (Å²) in [6, 6.07) is 19.0. The Bertz CT molecular complexity index is 980. The van der Waals surface area contributed by atoms with E-state index in [4.69, 9.17) is 4.11 Å². The summed E-state index contributed by atoms with van der Waals surface area (Å²) in [6.45, 7) is 2.15. The second-order valence-electron chi connectivity index (χ2n) is 9.09. The molecule has 1 aliphatic carbocycles. The van der Waals surface area contributed by atoms with Crippen LogP contribution in [0.15, 0.2) is 66.7 Å². The lowest BCUT2D eigenvalue weighted by Gasteiger charge is -2.48. The molecule has 2 aromatic rings. The molecule has 3 aliphatic rings. The summed E-state index contributed by atoms with van der Waals surface area (Å²) in [4.78, 5) is 4.57. The molecule has 0 aromatic heterocycles. The van der Waals surface area contributed by atoms with Gasteiger partial charge in [-0.1, -0.05) is 79.9 Å². The molecule has 0 spiro atoms. The van der Waals surface area contributed by atoms with Crippen molar-refractivity contribution in [1.82, 2.24) is 4.90 Å². The van der Waals surface area contributed by atoms with Crippen LogP contribution in [0.5, 0.6) is 0 Å². The van der Waals surface area contributed by atoms with Crippen LogP contribution in [0, 0.1) is 12.8 Å². The normalized spacial score (nSPS) is 34.6. The van der Waals surface area contributed by atoms with Crippen LogP contribution >= 0.6 is 0 Å². The number of benzene rings is 2. The predicted octanol–water partition coefficient (Wildman–Crippen LogP) is 6.27. The minimum atomic E-state index is -2.13. The number of aryl methyl sites for hydroxylation is 1. The second kappa shape index (κ2) is 7.32. The summed E-state index contributed by atoms with van der Waals surface area (Å²) in [5.41, 5.74) is 3.02. The fourth-order valence-electron chi connectivity index (χ4n) is 6.23. The Morgan fingerprint density at radius 1 is 0.966 bits per heavy atom. The Kier molecular flexibility index (Phi) is 3.97. The Labute approximate surface area is 180 Å². The molecule has 2 nitrogen and oxygen atoms in total. The zero-order valence-corrected chi connectivity index (χ0v) is 17.6. The summed E-state index contributed by atoms with van der Waals surface area (Å²) < 4.78 is 26.1. The zero-order chi connectivity index (χ0) is 22.5. The van der Waals surface area contributed by atoms with Gasteiger partial charge in [-0.25, -0.2) is 0 Å². The van der Waals surface area contributed by atoms with E-state index in [2.05, 4.69) is 78.3 Å². The maximum atomic E-state index is 8.70. The molecule has 2 heteroatoms. The smallest absolute Gasteiger partial charge is 0.0811 e. The molecule has 1 saturated heterocycles. The van der Waals surface area contributed by atoms with Crippen LogP contribution < -0.4 is 4.90 Å². The predicted molar refractivity (Wildman–Crippen MR) is 122 cm³/mol. The van der Waals surface area contributed by atoms with E-state index in [0.717, 1.165) is 24.1 Å². The fraction of sp³-hybridized carbons (Fsp3) is 0.481. The van der Waals surface area contributed by atoms with Crippen LogP contribution in [0.1, 0.15) is 61.1 Å². The van der Waals surface area contributed by atoms with Crippen molar-refractivity contribution in [1.29, 1.82) is 0 Å². The quantitative estimate of drug-likeness (QED) is 0.571. The summed E-state index contributed by atoms with van der Waals surface area (Å²) in [5, 5.41) is 0. The molecule has 152 valence electrons. The van der Waals surface area contributed by atoms with Gasteiger partial charge >= 0.3 is 0 Å². The molecule has 1 saturated carbocycles. The first-order valence-electron chi connectivity index (χ1n) is 12.7. The van der Waals surface area contributed by atoms with Gasteiger partial charge in [0.25, 0.3) is 0 Å². The molecule has 4 atom stereocenters. The van der Waals surface area contributed by atoms with Gasteiger partial charge in [-0.2, -0.15) is 0 Å². The maximum absolute atomic E-state index is 8.70. The number of rotatable bonds is 3. The van der Waals surface area contributed by atoms with Crippen molar-refractivity contribution in [2.24, 2.45) is 5.92 Å². The molecule has 2 aliphatic heterocycles. The third-order valence-electron chi connectivity index (χ3n) is 7.61. The molecule has 3 unspecified atom stereocenters. The standard InChI is InChI=1S/C27H34N2/c1-20-12-10-11-17-25(20)28-21(2)26-18-19-27(29(26)22(28)3,23-13-6-4-7-14-23)24-15-8-5-9-16-24/h4,6-7,10-14,17-19,21-22,24,26H,5,8-9,15-16H2,1-3H3/t21-,22?,26?,27?/m0/s1/i3D3. The van der Waals surface area contributed by atoms with Crippen LogP contribution in [-0.2, 0) is 5.54 Å². The molecular formula is C27H34N2. The van der Waals surface area contributed by atoms with Gasteiger partial charge < -0.3 is 4.90 Å². The van der Waals surface area contributed by atoms with E-state index < -0.39 is 13.0 Å². The number of para-hydroxylation sites is 1. The minimum absolute atomic E-state index is 0.0714. The molecular weight excluding hydrogens is 352 g/mol. The lowest BCUT2D eigenvalue weighted by molar-refractivity contribution is 0.0402.